The van der Waals surface area contributed by atoms with Gasteiger partial charge in [0.25, 0.3) is 5.91 Å². The van der Waals surface area contributed by atoms with Gasteiger partial charge in [0, 0.05) is 50.2 Å². The molecule has 1 atom stereocenters. The third kappa shape index (κ3) is 4.37. The summed E-state index contributed by atoms with van der Waals surface area (Å²) in [4.78, 5) is 13.8. The molecule has 25 heavy (non-hydrogen) atoms. The van der Waals surface area contributed by atoms with Crippen LogP contribution in [-0.4, -0.2) is 48.5 Å². The fourth-order valence-corrected chi connectivity index (χ4v) is 3.17. The molecule has 1 fully saturated rings. The van der Waals surface area contributed by atoms with E-state index in [9.17, 15) is 4.79 Å². The minimum absolute atomic E-state index is 0.378. The molecule has 0 aliphatic carbocycles. The summed E-state index contributed by atoms with van der Waals surface area (Å²) < 4.78 is 6.96. The number of hydrogen-bond donors (Lipinski definition) is 2. The number of methoxy groups -OCH3 is 1. The van der Waals surface area contributed by atoms with Gasteiger partial charge in [0.15, 0.2) is 0 Å². The van der Waals surface area contributed by atoms with Crippen molar-refractivity contribution in [3.63, 3.8) is 0 Å². The van der Waals surface area contributed by atoms with Gasteiger partial charge in [-0.3, -0.25) is 9.48 Å². The molecule has 1 aliphatic heterocycles. The quantitative estimate of drug-likeness (QED) is 0.747. The van der Waals surface area contributed by atoms with Crippen LogP contribution in [-0.2, 0) is 17.8 Å². The topological polar surface area (TPSA) is 85.4 Å². The highest BCUT2D eigenvalue weighted by Gasteiger charge is 2.24. The van der Waals surface area contributed by atoms with Gasteiger partial charge in [-0.25, -0.2) is 0 Å². The first-order valence-electron chi connectivity index (χ1n) is 8.55. The zero-order chi connectivity index (χ0) is 17.6. The SMILES string of the molecule is COCCn1cc(CNC2CCN(c3ccccc3C(N)=O)C2)cn1. The van der Waals surface area contributed by atoms with Crippen LogP contribution in [0, 0.1) is 0 Å². The van der Waals surface area contributed by atoms with Gasteiger partial charge in [-0.2, -0.15) is 5.10 Å². The highest BCUT2D eigenvalue weighted by Crippen LogP contribution is 2.24. The highest BCUT2D eigenvalue weighted by molar-refractivity contribution is 5.98. The van der Waals surface area contributed by atoms with Crippen LogP contribution >= 0.6 is 0 Å². The summed E-state index contributed by atoms with van der Waals surface area (Å²) in [5, 5.41) is 7.90. The minimum Gasteiger partial charge on any atom is -0.383 e. The van der Waals surface area contributed by atoms with Crippen molar-refractivity contribution in [1.82, 2.24) is 15.1 Å². The molecule has 0 saturated carbocycles. The molecule has 0 radical (unpaired) electrons. The Bertz CT molecular complexity index is 715. The molecular formula is C18H25N5O2. The maximum atomic E-state index is 11.6. The van der Waals surface area contributed by atoms with E-state index in [4.69, 9.17) is 10.5 Å². The van der Waals surface area contributed by atoms with Crippen molar-refractivity contribution in [3.05, 3.63) is 47.8 Å². The number of carbonyl (C=O) groups excluding carboxylic acids is 1. The normalized spacial score (nSPS) is 17.2. The van der Waals surface area contributed by atoms with E-state index in [1.807, 2.05) is 35.3 Å². The van der Waals surface area contributed by atoms with Crippen molar-refractivity contribution < 1.29 is 9.53 Å². The molecule has 2 heterocycles. The summed E-state index contributed by atoms with van der Waals surface area (Å²) in [6.07, 6.45) is 4.96. The molecule has 1 amide bonds. The molecule has 3 N–H and O–H groups in total. The summed E-state index contributed by atoms with van der Waals surface area (Å²) in [5.74, 6) is -0.379. The lowest BCUT2D eigenvalue weighted by Crippen LogP contribution is -2.32. The average molecular weight is 343 g/mol. The Morgan fingerprint density at radius 1 is 1.44 bits per heavy atom. The lowest BCUT2D eigenvalue weighted by molar-refractivity contribution is 0.100. The zero-order valence-electron chi connectivity index (χ0n) is 14.5. The third-order valence-corrected chi connectivity index (χ3v) is 4.50. The van der Waals surface area contributed by atoms with Crippen LogP contribution in [0.2, 0.25) is 0 Å². The number of aromatic nitrogens is 2. The van der Waals surface area contributed by atoms with E-state index >= 15 is 0 Å². The molecule has 3 rings (SSSR count). The summed E-state index contributed by atoms with van der Waals surface area (Å²) in [7, 11) is 1.69. The first-order valence-corrected chi connectivity index (χ1v) is 8.55. The summed E-state index contributed by atoms with van der Waals surface area (Å²) >= 11 is 0. The first-order chi connectivity index (χ1) is 12.2. The fourth-order valence-electron chi connectivity index (χ4n) is 3.17. The second-order valence-electron chi connectivity index (χ2n) is 6.30. The number of amides is 1. The molecule has 134 valence electrons. The Morgan fingerprint density at radius 2 is 2.28 bits per heavy atom. The number of ether oxygens (including phenoxy) is 1. The number of nitrogens with one attached hydrogen (secondary N) is 1. The van der Waals surface area contributed by atoms with Crippen LogP contribution in [0.1, 0.15) is 22.3 Å². The first kappa shape index (κ1) is 17.4. The van der Waals surface area contributed by atoms with Crippen molar-refractivity contribution >= 4 is 11.6 Å². The molecule has 1 aromatic carbocycles. The number of benzene rings is 1. The summed E-state index contributed by atoms with van der Waals surface area (Å²) in [6, 6.07) is 7.91. The van der Waals surface area contributed by atoms with Crippen LogP contribution in [0.3, 0.4) is 0 Å². The third-order valence-electron chi connectivity index (χ3n) is 4.50. The van der Waals surface area contributed by atoms with E-state index in [2.05, 4.69) is 15.3 Å². The Labute approximate surface area is 147 Å². The van der Waals surface area contributed by atoms with Gasteiger partial charge in [-0.1, -0.05) is 12.1 Å². The van der Waals surface area contributed by atoms with Crippen LogP contribution in [0.4, 0.5) is 5.69 Å². The molecule has 7 heteroatoms. The molecular weight excluding hydrogens is 318 g/mol. The number of para-hydroxylation sites is 1. The average Bonchev–Trinajstić information content (AvgIpc) is 3.27. The smallest absolute Gasteiger partial charge is 0.250 e. The molecule has 7 nitrogen and oxygen atoms in total. The van der Waals surface area contributed by atoms with Crippen molar-refractivity contribution in [3.8, 4) is 0 Å². The minimum atomic E-state index is -0.379. The number of primary amides is 1. The highest BCUT2D eigenvalue weighted by atomic mass is 16.5. The Balaban J connectivity index is 1.53. The van der Waals surface area contributed by atoms with Crippen LogP contribution in [0.25, 0.3) is 0 Å². The van der Waals surface area contributed by atoms with Gasteiger partial charge in [-0.05, 0) is 18.6 Å². The molecule has 1 aromatic heterocycles. The Morgan fingerprint density at radius 3 is 3.08 bits per heavy atom. The lowest BCUT2D eigenvalue weighted by atomic mass is 10.1. The number of nitrogens with zero attached hydrogens (tertiary/aromatic N) is 3. The zero-order valence-corrected chi connectivity index (χ0v) is 14.5. The molecule has 1 saturated heterocycles. The molecule has 0 spiro atoms. The predicted octanol–water partition coefficient (Wildman–Crippen LogP) is 0.997. The van der Waals surface area contributed by atoms with Crippen molar-refractivity contribution in [2.24, 2.45) is 5.73 Å². The maximum absolute atomic E-state index is 11.6. The van der Waals surface area contributed by atoms with Crippen molar-refractivity contribution in [1.29, 1.82) is 0 Å². The standard InChI is InChI=1S/C18H25N5O2/c1-25-9-8-23-12-14(11-21-23)10-20-15-6-7-22(13-15)17-5-3-2-4-16(17)18(19)24/h2-5,11-12,15,20H,6-10,13H2,1H3,(H2,19,24). The predicted molar refractivity (Wildman–Crippen MR) is 96.5 cm³/mol. The van der Waals surface area contributed by atoms with Gasteiger partial charge in [-0.15, -0.1) is 0 Å². The van der Waals surface area contributed by atoms with Gasteiger partial charge in [0.1, 0.15) is 0 Å². The van der Waals surface area contributed by atoms with E-state index < -0.39 is 0 Å². The fraction of sp³-hybridized carbons (Fsp3) is 0.444. The van der Waals surface area contributed by atoms with E-state index in [1.165, 1.54) is 0 Å². The number of rotatable bonds is 8. The summed E-state index contributed by atoms with van der Waals surface area (Å²) in [6.45, 7) is 3.98. The number of nitrogens with two attached hydrogens (primary N) is 1. The second-order valence-corrected chi connectivity index (χ2v) is 6.30. The molecule has 0 bridgehead atoms. The maximum Gasteiger partial charge on any atom is 0.250 e. The Hall–Kier alpha value is -2.38. The number of carbonyl (C=O) groups is 1. The van der Waals surface area contributed by atoms with Crippen molar-refractivity contribution in [2.45, 2.75) is 25.6 Å². The van der Waals surface area contributed by atoms with E-state index in [0.29, 0.717) is 18.2 Å². The van der Waals surface area contributed by atoms with Crippen LogP contribution in [0.15, 0.2) is 36.7 Å². The van der Waals surface area contributed by atoms with E-state index in [-0.39, 0.29) is 5.91 Å². The number of hydrogen-bond acceptors (Lipinski definition) is 5. The Kier molecular flexibility index (Phi) is 5.67. The monoisotopic (exact) mass is 343 g/mol. The van der Waals surface area contributed by atoms with Crippen molar-refractivity contribution in [2.75, 3.05) is 31.7 Å². The molecule has 2 aromatic rings. The van der Waals surface area contributed by atoms with Gasteiger partial charge < -0.3 is 20.7 Å². The van der Waals surface area contributed by atoms with Crippen LogP contribution in [0.5, 0.6) is 0 Å². The molecule has 1 aliphatic rings. The number of anilines is 1. The largest absolute Gasteiger partial charge is 0.383 e. The van der Waals surface area contributed by atoms with E-state index in [1.54, 1.807) is 13.2 Å². The molecule has 1 unspecified atom stereocenters. The van der Waals surface area contributed by atoms with E-state index in [0.717, 1.165) is 43.9 Å². The van der Waals surface area contributed by atoms with Gasteiger partial charge >= 0.3 is 0 Å². The van der Waals surface area contributed by atoms with Gasteiger partial charge in [0.05, 0.1) is 24.9 Å². The lowest BCUT2D eigenvalue weighted by Gasteiger charge is -2.21. The summed E-state index contributed by atoms with van der Waals surface area (Å²) in [5.41, 5.74) is 8.16. The second kappa shape index (κ2) is 8.13. The van der Waals surface area contributed by atoms with Gasteiger partial charge in [0.2, 0.25) is 0 Å². The van der Waals surface area contributed by atoms with Crippen LogP contribution < -0.4 is 16.0 Å².